The molecule has 7 nitrogen and oxygen atoms in total. The Balaban J connectivity index is 1.65. The molecule has 0 aliphatic heterocycles. The maximum absolute atomic E-state index is 6.23. The van der Waals surface area contributed by atoms with Gasteiger partial charge in [-0.3, -0.25) is 0 Å². The number of anilines is 2. The number of aromatic nitrogens is 2. The molecule has 0 saturated carbocycles. The number of ether oxygens (including phenoxy) is 3. The highest BCUT2D eigenvalue weighted by Gasteiger charge is 2.20. The van der Waals surface area contributed by atoms with E-state index in [1.807, 2.05) is 54.6 Å². The van der Waals surface area contributed by atoms with E-state index in [2.05, 4.69) is 16.2 Å². The first kappa shape index (κ1) is 22.7. The molecule has 34 heavy (non-hydrogen) atoms. The Morgan fingerprint density at radius 1 is 0.912 bits per heavy atom. The molecule has 0 radical (unpaired) electrons. The summed E-state index contributed by atoms with van der Waals surface area (Å²) in [7, 11) is 4.73. The first-order valence-electron chi connectivity index (χ1n) is 10.7. The second-order valence-corrected chi connectivity index (χ2v) is 7.55. The summed E-state index contributed by atoms with van der Waals surface area (Å²) >= 11 is 0. The minimum atomic E-state index is 0.369. The molecule has 0 saturated heterocycles. The minimum Gasteiger partial charge on any atom is -0.493 e. The highest BCUT2D eigenvalue weighted by molar-refractivity contribution is 5.83. The van der Waals surface area contributed by atoms with Gasteiger partial charge in [0.1, 0.15) is 5.69 Å². The fraction of sp³-hybridized carbons (Fsp3) is 0.185. The zero-order valence-electron chi connectivity index (χ0n) is 19.4. The van der Waals surface area contributed by atoms with Crippen LogP contribution in [0.5, 0.6) is 17.2 Å². The van der Waals surface area contributed by atoms with Crippen LogP contribution in [-0.2, 0) is 13.0 Å². The quantitative estimate of drug-likeness (QED) is 0.373. The predicted molar refractivity (Wildman–Crippen MR) is 135 cm³/mol. The Bertz CT molecular complexity index is 1360. The molecule has 3 N–H and O–H groups in total. The van der Waals surface area contributed by atoms with Gasteiger partial charge in [-0.15, -0.1) is 12.3 Å². The Morgan fingerprint density at radius 2 is 1.68 bits per heavy atom. The molecule has 0 aliphatic carbocycles. The molecule has 7 heteroatoms. The first-order valence-corrected chi connectivity index (χ1v) is 10.7. The van der Waals surface area contributed by atoms with E-state index in [0.29, 0.717) is 41.7 Å². The van der Waals surface area contributed by atoms with Gasteiger partial charge in [-0.2, -0.15) is 0 Å². The van der Waals surface area contributed by atoms with Gasteiger partial charge < -0.3 is 25.3 Å². The molecule has 0 bridgehead atoms. The van der Waals surface area contributed by atoms with Crippen molar-refractivity contribution in [1.82, 2.24) is 9.97 Å². The van der Waals surface area contributed by atoms with E-state index < -0.39 is 0 Å². The highest BCUT2D eigenvalue weighted by atomic mass is 16.5. The summed E-state index contributed by atoms with van der Waals surface area (Å²) in [5.74, 6) is 4.68. The van der Waals surface area contributed by atoms with Crippen LogP contribution < -0.4 is 25.3 Å². The van der Waals surface area contributed by atoms with Gasteiger partial charge in [-0.1, -0.05) is 36.4 Å². The summed E-state index contributed by atoms with van der Waals surface area (Å²) in [6.45, 7) is 0.522. The Hall–Kier alpha value is -4.44. The summed E-state index contributed by atoms with van der Waals surface area (Å²) in [5.41, 5.74) is 12.0. The van der Waals surface area contributed by atoms with Crippen LogP contribution in [0.15, 0.2) is 54.6 Å². The number of fused-ring (bicyclic) bond motifs is 1. The summed E-state index contributed by atoms with van der Waals surface area (Å²) in [6.07, 6.45) is 5.99. The molecule has 3 aromatic carbocycles. The number of nitrogen functional groups attached to an aromatic ring is 1. The third kappa shape index (κ3) is 4.39. The lowest BCUT2D eigenvalue weighted by molar-refractivity contribution is 0.323. The van der Waals surface area contributed by atoms with Gasteiger partial charge in [0.15, 0.2) is 17.3 Å². The second-order valence-electron chi connectivity index (χ2n) is 7.55. The van der Waals surface area contributed by atoms with Crippen molar-refractivity contribution < 1.29 is 14.2 Å². The number of methoxy groups -OCH3 is 3. The molecule has 0 unspecified atom stereocenters. The van der Waals surface area contributed by atoms with Crippen LogP contribution in [0.1, 0.15) is 11.1 Å². The minimum absolute atomic E-state index is 0.369. The summed E-state index contributed by atoms with van der Waals surface area (Å²) < 4.78 is 16.6. The Morgan fingerprint density at radius 3 is 2.35 bits per heavy atom. The molecule has 0 atom stereocenters. The van der Waals surface area contributed by atoms with Crippen LogP contribution in [-0.4, -0.2) is 31.3 Å². The van der Waals surface area contributed by atoms with Crippen LogP contribution in [0.2, 0.25) is 0 Å². The van der Waals surface area contributed by atoms with E-state index in [4.69, 9.17) is 31.4 Å². The zero-order chi connectivity index (χ0) is 24.1. The molecule has 4 rings (SSSR count). The van der Waals surface area contributed by atoms with Crippen molar-refractivity contribution in [3.8, 4) is 40.8 Å². The van der Waals surface area contributed by atoms with Crippen molar-refractivity contribution in [3.05, 3.63) is 65.7 Å². The van der Waals surface area contributed by atoms with E-state index in [1.165, 1.54) is 0 Å². The van der Waals surface area contributed by atoms with Gasteiger partial charge in [0.2, 0.25) is 5.75 Å². The molecular weight excluding hydrogens is 428 g/mol. The predicted octanol–water partition coefficient (Wildman–Crippen LogP) is 4.69. The van der Waals surface area contributed by atoms with Crippen LogP contribution in [0, 0.1) is 12.3 Å². The Kier molecular flexibility index (Phi) is 6.69. The van der Waals surface area contributed by atoms with Crippen molar-refractivity contribution in [2.75, 3.05) is 32.4 Å². The summed E-state index contributed by atoms with van der Waals surface area (Å²) in [4.78, 5) is 9.33. The molecule has 4 aromatic rings. The van der Waals surface area contributed by atoms with Crippen molar-refractivity contribution >= 4 is 22.5 Å². The van der Waals surface area contributed by atoms with Gasteiger partial charge in [-0.25, -0.2) is 9.97 Å². The van der Waals surface area contributed by atoms with Crippen molar-refractivity contribution in [2.45, 2.75) is 13.0 Å². The number of nitrogens with zero attached hydrogens (tertiary/aromatic N) is 2. The van der Waals surface area contributed by atoms with Gasteiger partial charge in [0.25, 0.3) is 0 Å². The molecule has 172 valence electrons. The zero-order valence-corrected chi connectivity index (χ0v) is 19.4. The maximum Gasteiger partial charge on any atom is 0.203 e. The van der Waals surface area contributed by atoms with Crippen LogP contribution in [0.3, 0.4) is 0 Å². The van der Waals surface area contributed by atoms with E-state index in [-0.39, 0.29) is 0 Å². The number of terminal acetylenes is 1. The third-order valence-electron chi connectivity index (χ3n) is 5.50. The molecule has 0 spiro atoms. The van der Waals surface area contributed by atoms with Crippen LogP contribution in [0.25, 0.3) is 22.3 Å². The highest BCUT2D eigenvalue weighted by Crippen LogP contribution is 2.44. The second kappa shape index (κ2) is 10.0. The van der Waals surface area contributed by atoms with Crippen molar-refractivity contribution in [1.29, 1.82) is 0 Å². The van der Waals surface area contributed by atoms with Crippen LogP contribution >= 0.6 is 0 Å². The lowest BCUT2D eigenvalue weighted by Gasteiger charge is -2.19. The van der Waals surface area contributed by atoms with E-state index in [9.17, 15) is 0 Å². The van der Waals surface area contributed by atoms with Crippen molar-refractivity contribution in [3.63, 3.8) is 0 Å². The molecule has 0 aliphatic rings. The number of benzene rings is 3. The Labute approximate surface area is 198 Å². The largest absolute Gasteiger partial charge is 0.493 e. The fourth-order valence-corrected chi connectivity index (χ4v) is 3.88. The average Bonchev–Trinajstić information content (AvgIpc) is 2.87. The molecule has 0 fully saturated rings. The molecule has 1 heterocycles. The lowest BCUT2D eigenvalue weighted by atomic mass is 10.1. The third-order valence-corrected chi connectivity index (χ3v) is 5.50. The topological polar surface area (TPSA) is 91.5 Å². The SMILES string of the molecule is C#CCc1c(NCc2ccc3nc(-c4ccccc4)c(N)nc3c2)cc(OC)c(OC)c1OC. The maximum atomic E-state index is 6.23. The fourth-order valence-electron chi connectivity index (χ4n) is 3.88. The van der Waals surface area contributed by atoms with Crippen LogP contribution in [0.4, 0.5) is 11.5 Å². The average molecular weight is 455 g/mol. The lowest BCUT2D eigenvalue weighted by Crippen LogP contribution is -2.07. The van der Waals surface area contributed by atoms with Crippen molar-refractivity contribution in [2.24, 2.45) is 0 Å². The number of nitrogens with one attached hydrogen (secondary N) is 1. The number of hydrogen-bond acceptors (Lipinski definition) is 7. The van der Waals surface area contributed by atoms with E-state index in [1.54, 1.807) is 21.3 Å². The summed E-state index contributed by atoms with van der Waals surface area (Å²) in [6, 6.07) is 17.6. The molecule has 0 amide bonds. The van der Waals surface area contributed by atoms with Gasteiger partial charge in [0, 0.05) is 35.8 Å². The monoisotopic (exact) mass is 454 g/mol. The van der Waals surface area contributed by atoms with Gasteiger partial charge >= 0.3 is 0 Å². The number of nitrogens with two attached hydrogens (primary N) is 1. The van der Waals surface area contributed by atoms with Gasteiger partial charge in [0.05, 0.1) is 32.4 Å². The normalized spacial score (nSPS) is 10.5. The van der Waals surface area contributed by atoms with Gasteiger partial charge in [-0.05, 0) is 17.7 Å². The number of hydrogen-bond donors (Lipinski definition) is 2. The molecule has 1 aromatic heterocycles. The van der Waals surface area contributed by atoms with E-state index >= 15 is 0 Å². The smallest absolute Gasteiger partial charge is 0.203 e. The number of rotatable bonds is 8. The molecular formula is C27H26N4O3. The summed E-state index contributed by atoms with van der Waals surface area (Å²) in [5, 5.41) is 3.44. The van der Waals surface area contributed by atoms with E-state index in [0.717, 1.165) is 33.4 Å². The standard InChI is InChI=1S/C27H26N4O3/c1-5-9-19-21(15-23(32-2)26(34-4)25(19)33-3)29-16-17-12-13-20-22(14-17)31-27(28)24(30-20)18-10-7-6-8-11-18/h1,6-8,10-15,29H,9,16H2,2-4H3,(H2,28,31). The first-order chi connectivity index (χ1) is 16.6.